The predicted molar refractivity (Wildman–Crippen MR) is 135 cm³/mol. The smallest absolute Gasteiger partial charge is 0.247 e. The number of hydrogen-bond donors (Lipinski definition) is 0. The lowest BCUT2D eigenvalue weighted by molar-refractivity contribution is 0.528. The Morgan fingerprint density at radius 3 is 2.09 bits per heavy atom. The van der Waals surface area contributed by atoms with E-state index in [9.17, 15) is 0 Å². The number of benzene rings is 3. The minimum atomic E-state index is 0.0926. The third-order valence-corrected chi connectivity index (χ3v) is 6.38. The molecule has 0 saturated heterocycles. The van der Waals surface area contributed by atoms with Gasteiger partial charge in [-0.2, -0.15) is 0 Å². The average molecular weight is 468 g/mol. The topological polar surface area (TPSA) is 69.6 Å². The van der Waals surface area contributed by atoms with Crippen molar-refractivity contribution in [3.05, 3.63) is 96.4 Å². The highest BCUT2D eigenvalue weighted by molar-refractivity contribution is 7.98. The predicted octanol–water partition coefficient (Wildman–Crippen LogP) is 6.57. The Balaban J connectivity index is 1.44. The van der Waals surface area contributed by atoms with Crippen molar-refractivity contribution in [1.29, 1.82) is 0 Å². The van der Waals surface area contributed by atoms with Crippen molar-refractivity contribution in [3.63, 3.8) is 0 Å². The molecule has 0 spiro atoms. The molecule has 3 aromatic carbocycles. The number of aromatic nitrogens is 5. The van der Waals surface area contributed by atoms with E-state index in [1.807, 2.05) is 48.5 Å². The number of rotatable bonds is 6. The Kier molecular flexibility index (Phi) is 6.02. The molecule has 0 bridgehead atoms. The first kappa shape index (κ1) is 22.1. The van der Waals surface area contributed by atoms with Crippen molar-refractivity contribution >= 4 is 11.8 Å². The van der Waals surface area contributed by atoms with Gasteiger partial charge in [0.25, 0.3) is 0 Å². The summed E-state index contributed by atoms with van der Waals surface area (Å²) in [5, 5.41) is 18.2. The second-order valence-corrected chi connectivity index (χ2v) is 9.90. The second kappa shape index (κ2) is 9.27. The Hall–Kier alpha value is -3.71. The van der Waals surface area contributed by atoms with Crippen LogP contribution in [0.25, 0.3) is 28.5 Å². The summed E-state index contributed by atoms with van der Waals surface area (Å²) in [5.74, 6) is 2.35. The Labute approximate surface area is 203 Å². The van der Waals surface area contributed by atoms with E-state index in [0.29, 0.717) is 17.5 Å². The van der Waals surface area contributed by atoms with Gasteiger partial charge >= 0.3 is 0 Å². The fourth-order valence-electron chi connectivity index (χ4n) is 3.62. The van der Waals surface area contributed by atoms with Gasteiger partial charge in [0.1, 0.15) is 0 Å². The van der Waals surface area contributed by atoms with Crippen molar-refractivity contribution in [1.82, 2.24) is 25.0 Å². The van der Waals surface area contributed by atoms with Crippen LogP contribution in [0.4, 0.5) is 0 Å². The van der Waals surface area contributed by atoms with Crippen LogP contribution in [-0.4, -0.2) is 25.0 Å². The zero-order valence-electron chi connectivity index (χ0n) is 19.3. The third-order valence-electron chi connectivity index (χ3n) is 5.47. The molecule has 34 heavy (non-hydrogen) atoms. The monoisotopic (exact) mass is 467 g/mol. The van der Waals surface area contributed by atoms with E-state index in [1.165, 1.54) is 17.3 Å². The van der Waals surface area contributed by atoms with Crippen molar-refractivity contribution in [2.24, 2.45) is 0 Å². The van der Waals surface area contributed by atoms with Crippen molar-refractivity contribution in [2.45, 2.75) is 37.1 Å². The van der Waals surface area contributed by atoms with E-state index >= 15 is 0 Å². The van der Waals surface area contributed by atoms with Crippen LogP contribution in [0.15, 0.2) is 94.5 Å². The van der Waals surface area contributed by atoms with Crippen LogP contribution in [-0.2, 0) is 11.2 Å². The van der Waals surface area contributed by atoms with Gasteiger partial charge in [-0.25, -0.2) is 0 Å². The van der Waals surface area contributed by atoms with Gasteiger partial charge in [0.05, 0.1) is 5.75 Å². The zero-order chi connectivity index (χ0) is 23.5. The highest BCUT2D eigenvalue weighted by Gasteiger charge is 2.19. The summed E-state index contributed by atoms with van der Waals surface area (Å²) in [5.41, 5.74) is 4.29. The molecule has 7 heteroatoms. The number of thioether (sulfide) groups is 1. The SMILES string of the molecule is CC(C)(C)c1ccc(-c2nnc(SCc3nnc(-c4ccccc4)o3)n2-c2ccccc2)cc1. The molecule has 0 atom stereocenters. The Morgan fingerprint density at radius 1 is 0.735 bits per heavy atom. The molecule has 2 aromatic heterocycles. The van der Waals surface area contributed by atoms with Crippen LogP contribution in [0, 0.1) is 0 Å². The van der Waals surface area contributed by atoms with Crippen LogP contribution in [0.3, 0.4) is 0 Å². The molecule has 6 nitrogen and oxygen atoms in total. The first-order valence-corrected chi connectivity index (χ1v) is 12.1. The summed E-state index contributed by atoms with van der Waals surface area (Å²) in [6.07, 6.45) is 0. The lowest BCUT2D eigenvalue weighted by Crippen LogP contribution is -2.10. The summed E-state index contributed by atoms with van der Waals surface area (Å²) in [4.78, 5) is 0. The molecule has 0 amide bonds. The molecular formula is C27H25N5OS. The molecule has 0 aliphatic carbocycles. The van der Waals surface area contributed by atoms with Crippen LogP contribution in [0.5, 0.6) is 0 Å². The molecule has 0 aliphatic rings. The maximum atomic E-state index is 5.87. The average Bonchev–Trinajstić information content (AvgIpc) is 3.51. The Morgan fingerprint density at radius 2 is 1.41 bits per heavy atom. The molecule has 5 rings (SSSR count). The summed E-state index contributed by atoms with van der Waals surface area (Å²) in [6.45, 7) is 6.64. The van der Waals surface area contributed by atoms with Crippen molar-refractivity contribution < 1.29 is 4.42 Å². The molecule has 170 valence electrons. The summed E-state index contributed by atoms with van der Waals surface area (Å²) < 4.78 is 7.95. The standard InChI is InChI=1S/C27H25N5OS/c1-27(2,3)21-16-14-19(15-17-21)24-29-31-26(32(24)22-12-8-5-9-13-22)34-18-23-28-30-25(33-23)20-10-6-4-7-11-20/h4-17H,18H2,1-3H3. The molecule has 5 aromatic rings. The van der Waals surface area contributed by atoms with Crippen LogP contribution >= 0.6 is 11.8 Å². The van der Waals surface area contributed by atoms with Gasteiger partial charge in [0, 0.05) is 16.8 Å². The van der Waals surface area contributed by atoms with Crippen LogP contribution < -0.4 is 0 Å². The second-order valence-electron chi connectivity index (χ2n) is 8.96. The molecule has 0 saturated carbocycles. The van der Waals surface area contributed by atoms with Crippen LogP contribution in [0.2, 0.25) is 0 Å². The summed E-state index contributed by atoms with van der Waals surface area (Å²) in [6, 6.07) is 28.5. The van der Waals surface area contributed by atoms with Crippen molar-refractivity contribution in [3.8, 4) is 28.5 Å². The van der Waals surface area contributed by atoms with E-state index in [0.717, 1.165) is 27.8 Å². The van der Waals surface area contributed by atoms with E-state index in [2.05, 4.69) is 82.1 Å². The zero-order valence-corrected chi connectivity index (χ0v) is 20.2. The van der Waals surface area contributed by atoms with E-state index in [1.54, 1.807) is 0 Å². The van der Waals surface area contributed by atoms with Gasteiger partial charge < -0.3 is 4.42 Å². The minimum absolute atomic E-state index is 0.0926. The summed E-state index contributed by atoms with van der Waals surface area (Å²) >= 11 is 1.52. The first-order chi connectivity index (χ1) is 16.5. The maximum absolute atomic E-state index is 5.87. The third kappa shape index (κ3) is 4.65. The molecule has 0 radical (unpaired) electrons. The normalized spacial score (nSPS) is 11.6. The lowest BCUT2D eigenvalue weighted by Gasteiger charge is -2.19. The molecule has 2 heterocycles. The molecular weight excluding hydrogens is 442 g/mol. The van der Waals surface area contributed by atoms with E-state index in [-0.39, 0.29) is 5.41 Å². The lowest BCUT2D eigenvalue weighted by atomic mass is 9.87. The van der Waals surface area contributed by atoms with Crippen molar-refractivity contribution in [2.75, 3.05) is 0 Å². The van der Waals surface area contributed by atoms with Gasteiger partial charge in [-0.15, -0.1) is 20.4 Å². The van der Waals surface area contributed by atoms with Gasteiger partial charge in [-0.3, -0.25) is 4.57 Å². The van der Waals surface area contributed by atoms with Gasteiger partial charge in [-0.05, 0) is 35.2 Å². The Bertz CT molecular complexity index is 1370. The highest BCUT2D eigenvalue weighted by atomic mass is 32.2. The fraction of sp³-hybridized carbons (Fsp3) is 0.185. The number of para-hydroxylation sites is 1. The maximum Gasteiger partial charge on any atom is 0.247 e. The van der Waals surface area contributed by atoms with E-state index in [4.69, 9.17) is 4.42 Å². The number of nitrogens with zero attached hydrogens (tertiary/aromatic N) is 5. The fourth-order valence-corrected chi connectivity index (χ4v) is 4.40. The molecule has 0 fully saturated rings. The van der Waals surface area contributed by atoms with Crippen LogP contribution in [0.1, 0.15) is 32.2 Å². The van der Waals surface area contributed by atoms with Gasteiger partial charge in [0.2, 0.25) is 11.8 Å². The first-order valence-electron chi connectivity index (χ1n) is 11.1. The minimum Gasteiger partial charge on any atom is -0.420 e. The summed E-state index contributed by atoms with van der Waals surface area (Å²) in [7, 11) is 0. The molecule has 0 N–H and O–H groups in total. The van der Waals surface area contributed by atoms with E-state index < -0.39 is 0 Å². The van der Waals surface area contributed by atoms with Gasteiger partial charge in [-0.1, -0.05) is 93.2 Å². The number of hydrogen-bond acceptors (Lipinski definition) is 6. The molecule has 0 aliphatic heterocycles. The molecule has 0 unspecified atom stereocenters. The highest BCUT2D eigenvalue weighted by Crippen LogP contribution is 2.31. The van der Waals surface area contributed by atoms with Gasteiger partial charge in [0.15, 0.2) is 11.0 Å². The largest absolute Gasteiger partial charge is 0.420 e. The quantitative estimate of drug-likeness (QED) is 0.263.